The van der Waals surface area contributed by atoms with Crippen LogP contribution in [0.4, 0.5) is 32.1 Å². The van der Waals surface area contributed by atoms with Gasteiger partial charge in [0.2, 0.25) is 5.95 Å². The first-order valence-electron chi connectivity index (χ1n) is 11.9. The second kappa shape index (κ2) is 9.66. The number of H-pyrrole nitrogens is 1. The maximum absolute atomic E-state index is 15.1. The van der Waals surface area contributed by atoms with Gasteiger partial charge in [-0.3, -0.25) is 9.78 Å². The Hall–Kier alpha value is -3.95. The summed E-state index contributed by atoms with van der Waals surface area (Å²) in [6.07, 6.45) is 2.06. The molecule has 15 heteroatoms. The van der Waals surface area contributed by atoms with Gasteiger partial charge >= 0.3 is 0 Å². The molecule has 0 unspecified atom stereocenters. The number of aromatic amines is 1. The highest BCUT2D eigenvalue weighted by molar-refractivity contribution is 7.90. The van der Waals surface area contributed by atoms with E-state index in [1.54, 1.807) is 13.1 Å². The molecular weight excluding hydrogens is 534 g/mol. The number of nitrogens with zero attached hydrogens (tertiary/aromatic N) is 6. The SMILES string of the molecule is Cc1cc(Nc2nc(N(C)c3c(F)cc(S(C)(=O)=O)cc3F)nc(-c3cnn(C)c3C(O)O)c2C2CC2)n[nH]1. The van der Waals surface area contributed by atoms with Crippen LogP contribution in [0.3, 0.4) is 0 Å². The number of hydrogen-bond acceptors (Lipinski definition) is 10. The number of halogens is 2. The molecule has 0 radical (unpaired) electrons. The molecule has 3 heterocycles. The highest BCUT2D eigenvalue weighted by Gasteiger charge is 2.35. The van der Waals surface area contributed by atoms with Gasteiger partial charge in [-0.05, 0) is 37.8 Å². The van der Waals surface area contributed by atoms with Crippen LogP contribution in [-0.2, 0) is 16.9 Å². The van der Waals surface area contributed by atoms with Crippen LogP contribution in [0.15, 0.2) is 29.3 Å². The second-order valence-electron chi connectivity index (χ2n) is 9.48. The van der Waals surface area contributed by atoms with Gasteiger partial charge < -0.3 is 20.4 Å². The molecule has 4 N–H and O–H groups in total. The van der Waals surface area contributed by atoms with Crippen molar-refractivity contribution in [2.24, 2.45) is 7.05 Å². The number of sulfone groups is 1. The lowest BCUT2D eigenvalue weighted by Gasteiger charge is -2.23. The average Bonchev–Trinajstić information content (AvgIpc) is 3.48. The molecule has 0 spiro atoms. The first-order valence-corrected chi connectivity index (χ1v) is 13.8. The Morgan fingerprint density at radius 1 is 1.18 bits per heavy atom. The highest BCUT2D eigenvalue weighted by Crippen LogP contribution is 2.49. The first-order chi connectivity index (χ1) is 18.3. The van der Waals surface area contributed by atoms with Crippen molar-refractivity contribution in [2.45, 2.75) is 36.9 Å². The van der Waals surface area contributed by atoms with Gasteiger partial charge in [0.15, 0.2) is 33.6 Å². The summed E-state index contributed by atoms with van der Waals surface area (Å²) in [5.41, 5.74) is 1.56. The molecule has 1 aromatic carbocycles. The van der Waals surface area contributed by atoms with Crippen LogP contribution < -0.4 is 10.2 Å². The molecule has 0 saturated heterocycles. The van der Waals surface area contributed by atoms with E-state index in [1.807, 2.05) is 6.92 Å². The zero-order valence-corrected chi connectivity index (χ0v) is 22.3. The number of rotatable bonds is 8. The topological polar surface area (TPSA) is 162 Å². The van der Waals surface area contributed by atoms with Crippen LogP contribution in [0.25, 0.3) is 11.3 Å². The molecule has 1 fully saturated rings. The third-order valence-corrected chi connectivity index (χ3v) is 7.50. The summed E-state index contributed by atoms with van der Waals surface area (Å²) in [7, 11) is -0.979. The van der Waals surface area contributed by atoms with Crippen LogP contribution in [0.1, 0.15) is 42.0 Å². The van der Waals surface area contributed by atoms with Crippen molar-refractivity contribution in [3.8, 4) is 11.3 Å². The summed E-state index contributed by atoms with van der Waals surface area (Å²) in [6.45, 7) is 1.82. The Labute approximate surface area is 222 Å². The lowest BCUT2D eigenvalue weighted by Crippen LogP contribution is -2.19. The van der Waals surface area contributed by atoms with Gasteiger partial charge in [-0.2, -0.15) is 15.2 Å². The van der Waals surface area contributed by atoms with Gasteiger partial charge in [-0.25, -0.2) is 22.2 Å². The molecule has 3 aromatic heterocycles. The minimum Gasteiger partial charge on any atom is -0.363 e. The average molecular weight is 561 g/mol. The van der Waals surface area contributed by atoms with E-state index in [-0.39, 0.29) is 17.6 Å². The van der Waals surface area contributed by atoms with Crippen molar-refractivity contribution in [1.82, 2.24) is 29.9 Å². The molecule has 1 saturated carbocycles. The molecule has 1 aliphatic carbocycles. The number of aromatic nitrogens is 6. The molecule has 5 rings (SSSR count). The Morgan fingerprint density at radius 3 is 2.38 bits per heavy atom. The molecule has 4 aromatic rings. The first kappa shape index (κ1) is 26.6. The van der Waals surface area contributed by atoms with E-state index >= 15 is 8.78 Å². The Bertz CT molecular complexity index is 1660. The predicted octanol–water partition coefficient (Wildman–Crippen LogP) is 2.96. The van der Waals surface area contributed by atoms with Crippen molar-refractivity contribution >= 4 is 33.1 Å². The summed E-state index contributed by atoms with van der Waals surface area (Å²) < 4.78 is 55.3. The lowest BCUT2D eigenvalue weighted by atomic mass is 10.0. The maximum Gasteiger partial charge on any atom is 0.232 e. The molecule has 39 heavy (non-hydrogen) atoms. The molecule has 0 aliphatic heterocycles. The summed E-state index contributed by atoms with van der Waals surface area (Å²) in [5, 5.41) is 34.5. The number of aliphatic hydroxyl groups is 2. The second-order valence-corrected chi connectivity index (χ2v) is 11.5. The van der Waals surface area contributed by atoms with E-state index in [1.165, 1.54) is 17.9 Å². The minimum atomic E-state index is -3.86. The van der Waals surface area contributed by atoms with E-state index < -0.39 is 38.3 Å². The van der Waals surface area contributed by atoms with Gasteiger partial charge in [-0.1, -0.05) is 0 Å². The van der Waals surface area contributed by atoms with Crippen LogP contribution in [0, 0.1) is 18.6 Å². The zero-order chi connectivity index (χ0) is 28.2. The number of nitrogens with one attached hydrogen (secondary N) is 2. The molecule has 0 bridgehead atoms. The van der Waals surface area contributed by atoms with E-state index in [4.69, 9.17) is 0 Å². The van der Waals surface area contributed by atoms with Crippen LogP contribution in [0.5, 0.6) is 0 Å². The number of aliphatic hydroxyl groups excluding tert-OH is 1. The van der Waals surface area contributed by atoms with Crippen LogP contribution >= 0.6 is 0 Å². The van der Waals surface area contributed by atoms with Gasteiger partial charge in [0.25, 0.3) is 0 Å². The van der Waals surface area contributed by atoms with E-state index in [0.717, 1.165) is 41.8 Å². The Balaban J connectivity index is 1.73. The predicted molar refractivity (Wildman–Crippen MR) is 138 cm³/mol. The van der Waals surface area contributed by atoms with Gasteiger partial charge in [-0.15, -0.1) is 0 Å². The van der Waals surface area contributed by atoms with E-state index in [0.29, 0.717) is 28.5 Å². The standard InChI is InChI=1S/C24H26F2N8O4S/c1-11-7-17(32-31-11)28-22-18(12-5-6-12)19(14-10-27-34(3)20(14)23(35)36)29-24(30-22)33(2)21-15(25)8-13(9-16(21)26)39(4,37)38/h7-10,12,23,35-36H,5-6H2,1-4H3,(H2,28,29,30,31,32). The van der Waals surface area contributed by atoms with Gasteiger partial charge in [0.1, 0.15) is 17.2 Å². The van der Waals surface area contributed by atoms with Crippen molar-refractivity contribution in [3.05, 3.63) is 53.0 Å². The van der Waals surface area contributed by atoms with Crippen molar-refractivity contribution in [3.63, 3.8) is 0 Å². The Kier molecular flexibility index (Phi) is 6.60. The molecule has 0 amide bonds. The van der Waals surface area contributed by atoms with E-state index in [2.05, 4.69) is 30.6 Å². The smallest absolute Gasteiger partial charge is 0.232 e. The summed E-state index contributed by atoms with van der Waals surface area (Å²) >= 11 is 0. The molecule has 1 aliphatic rings. The third kappa shape index (κ3) is 5.07. The quantitative estimate of drug-likeness (QED) is 0.236. The number of aryl methyl sites for hydroxylation is 2. The van der Waals surface area contributed by atoms with Crippen LogP contribution in [0.2, 0.25) is 0 Å². The fourth-order valence-corrected chi connectivity index (χ4v) is 5.02. The largest absolute Gasteiger partial charge is 0.363 e. The van der Waals surface area contributed by atoms with Crippen molar-refractivity contribution in [2.75, 3.05) is 23.5 Å². The molecule has 0 atom stereocenters. The van der Waals surface area contributed by atoms with Gasteiger partial charge in [0.05, 0.1) is 16.8 Å². The lowest BCUT2D eigenvalue weighted by molar-refractivity contribution is -0.0480. The third-order valence-electron chi connectivity index (χ3n) is 6.41. The maximum atomic E-state index is 15.1. The zero-order valence-electron chi connectivity index (χ0n) is 21.4. The van der Waals surface area contributed by atoms with Crippen molar-refractivity contribution in [1.29, 1.82) is 0 Å². The summed E-state index contributed by atoms with van der Waals surface area (Å²) in [6, 6.07) is 3.21. The molecule has 206 valence electrons. The highest BCUT2D eigenvalue weighted by atomic mass is 32.2. The minimum absolute atomic E-state index is 0.0355. The normalized spacial score (nSPS) is 13.8. The van der Waals surface area contributed by atoms with E-state index in [9.17, 15) is 18.6 Å². The molecular formula is C24H26F2N8O4S. The molecule has 12 nitrogen and oxygen atoms in total. The number of hydrogen-bond donors (Lipinski definition) is 4. The fraction of sp³-hybridized carbons (Fsp3) is 0.333. The van der Waals surface area contributed by atoms with Crippen molar-refractivity contribution < 1.29 is 27.4 Å². The van der Waals surface area contributed by atoms with Crippen LogP contribution in [-0.4, -0.2) is 61.9 Å². The fourth-order valence-electron chi connectivity index (χ4n) is 4.38. The number of anilines is 4. The number of benzene rings is 1. The summed E-state index contributed by atoms with van der Waals surface area (Å²) in [4.78, 5) is 9.75. The Morgan fingerprint density at radius 2 is 1.85 bits per heavy atom. The summed E-state index contributed by atoms with van der Waals surface area (Å²) in [5.74, 6) is -1.60. The van der Waals surface area contributed by atoms with Gasteiger partial charge in [0, 0.05) is 43.2 Å². The monoisotopic (exact) mass is 560 g/mol.